The summed E-state index contributed by atoms with van der Waals surface area (Å²) >= 11 is 5.98. The molecule has 0 saturated carbocycles. The molecule has 0 saturated heterocycles. The van der Waals surface area contributed by atoms with Crippen molar-refractivity contribution < 1.29 is 27.9 Å². The molecule has 0 fully saturated rings. The number of hydrogen-bond donors (Lipinski definition) is 2. The molecular formula is C23H23ClF3N3O3. The second-order valence-corrected chi connectivity index (χ2v) is 7.41. The zero-order valence-corrected chi connectivity index (χ0v) is 18.6. The number of hydrogen-bond acceptors (Lipinski definition) is 4. The molecule has 0 radical (unpaired) electrons. The van der Waals surface area contributed by atoms with Crippen molar-refractivity contribution in [3.63, 3.8) is 0 Å². The number of aliphatic imine (C=N–C) groups is 2. The van der Waals surface area contributed by atoms with E-state index in [0.717, 1.165) is 12.1 Å². The van der Waals surface area contributed by atoms with E-state index in [1.807, 2.05) is 0 Å². The van der Waals surface area contributed by atoms with Gasteiger partial charge in [0.1, 0.15) is 0 Å². The number of nitrogens with one attached hydrogen (secondary N) is 1. The fourth-order valence-corrected chi connectivity index (χ4v) is 2.99. The number of unbranched alkanes of at least 4 members (excludes halogenated alkanes) is 2. The van der Waals surface area contributed by atoms with Gasteiger partial charge in [-0.1, -0.05) is 17.7 Å². The standard InChI is InChI=1S/C23H23ClF3N3O3/c1-2-28-22(33)15-8-10-19(20(12-15)29-11-5-3-4-6-21(31)32)30-14-16-7-9-17(13-18(16)24)23(25,26)27/h7-14H,2-6H2,1H3,(H,28,33)(H,31,32). The van der Waals surface area contributed by atoms with Gasteiger partial charge in [-0.15, -0.1) is 0 Å². The molecule has 1 amide bonds. The fourth-order valence-electron chi connectivity index (χ4n) is 2.76. The van der Waals surface area contributed by atoms with Crippen LogP contribution in [0.3, 0.4) is 0 Å². The number of carbonyl (C=O) groups is 2. The van der Waals surface area contributed by atoms with Crippen molar-refractivity contribution in [1.29, 1.82) is 0 Å². The highest BCUT2D eigenvalue weighted by atomic mass is 35.5. The maximum absolute atomic E-state index is 12.8. The number of aliphatic carboxylic acids is 1. The Labute approximate surface area is 194 Å². The number of halogens is 4. The molecule has 0 aliphatic carbocycles. The van der Waals surface area contributed by atoms with Gasteiger partial charge in [-0.25, -0.2) is 0 Å². The first kappa shape index (κ1) is 26.1. The molecule has 10 heteroatoms. The quantitative estimate of drug-likeness (QED) is 0.312. The van der Waals surface area contributed by atoms with Gasteiger partial charge in [-0.2, -0.15) is 13.2 Å². The predicted molar refractivity (Wildman–Crippen MR) is 122 cm³/mol. The lowest BCUT2D eigenvalue weighted by atomic mass is 10.1. The Morgan fingerprint density at radius 2 is 1.85 bits per heavy atom. The van der Waals surface area contributed by atoms with E-state index in [-0.39, 0.29) is 17.4 Å². The SMILES string of the molecule is CCNC(=O)c1ccc(N=Cc2ccc(C(F)(F)F)cc2Cl)c(N=CCCCCC(=O)O)c1. The van der Waals surface area contributed by atoms with E-state index in [1.165, 1.54) is 12.3 Å². The molecule has 0 aliphatic rings. The minimum atomic E-state index is -4.50. The van der Waals surface area contributed by atoms with Crippen molar-refractivity contribution in [1.82, 2.24) is 5.32 Å². The molecule has 2 aromatic carbocycles. The number of benzene rings is 2. The predicted octanol–water partition coefficient (Wildman–Crippen LogP) is 6.21. The Bertz CT molecular complexity index is 1050. The van der Waals surface area contributed by atoms with E-state index in [4.69, 9.17) is 16.7 Å². The summed E-state index contributed by atoms with van der Waals surface area (Å²) in [5.41, 5.74) is 0.587. The summed E-state index contributed by atoms with van der Waals surface area (Å²) in [5, 5.41) is 11.3. The Hall–Kier alpha value is -3.20. The lowest BCUT2D eigenvalue weighted by molar-refractivity contribution is -0.138. The Balaban J connectivity index is 2.27. The van der Waals surface area contributed by atoms with Gasteiger partial charge in [0, 0.05) is 41.5 Å². The van der Waals surface area contributed by atoms with Gasteiger partial charge in [0.05, 0.1) is 16.9 Å². The maximum atomic E-state index is 12.8. The zero-order chi connectivity index (χ0) is 24.4. The second kappa shape index (κ2) is 12.2. The van der Waals surface area contributed by atoms with Crippen LogP contribution in [-0.4, -0.2) is 36.0 Å². The number of rotatable bonds is 10. The summed E-state index contributed by atoms with van der Waals surface area (Å²) in [5.74, 6) is -1.14. The summed E-state index contributed by atoms with van der Waals surface area (Å²) in [4.78, 5) is 31.4. The van der Waals surface area contributed by atoms with Crippen LogP contribution in [0.25, 0.3) is 0 Å². The monoisotopic (exact) mass is 481 g/mol. The van der Waals surface area contributed by atoms with E-state index in [9.17, 15) is 22.8 Å². The maximum Gasteiger partial charge on any atom is 0.416 e. The number of nitrogens with zero attached hydrogens (tertiary/aromatic N) is 2. The van der Waals surface area contributed by atoms with Crippen LogP contribution in [0.1, 0.15) is 54.1 Å². The Kier molecular flexibility index (Phi) is 9.59. The summed E-state index contributed by atoms with van der Waals surface area (Å²) < 4.78 is 38.5. The molecule has 0 atom stereocenters. The second-order valence-electron chi connectivity index (χ2n) is 7.01. The molecule has 176 valence electrons. The molecule has 0 aliphatic heterocycles. The largest absolute Gasteiger partial charge is 0.481 e. The van der Waals surface area contributed by atoms with Crippen LogP contribution in [0, 0.1) is 0 Å². The smallest absolute Gasteiger partial charge is 0.416 e. The summed E-state index contributed by atoms with van der Waals surface area (Å²) in [6.45, 7) is 2.24. The van der Waals surface area contributed by atoms with E-state index in [2.05, 4.69) is 15.3 Å². The normalized spacial score (nSPS) is 11.9. The molecular weight excluding hydrogens is 459 g/mol. The molecule has 6 nitrogen and oxygen atoms in total. The highest BCUT2D eigenvalue weighted by molar-refractivity contribution is 6.33. The summed E-state index contributed by atoms with van der Waals surface area (Å²) in [7, 11) is 0. The van der Waals surface area contributed by atoms with Gasteiger partial charge in [0.25, 0.3) is 5.91 Å². The molecule has 0 aromatic heterocycles. The van der Waals surface area contributed by atoms with Crippen LogP contribution in [0.4, 0.5) is 24.5 Å². The van der Waals surface area contributed by atoms with Crippen LogP contribution in [0.2, 0.25) is 5.02 Å². The van der Waals surface area contributed by atoms with Crippen molar-refractivity contribution in [2.45, 2.75) is 38.8 Å². The number of alkyl halides is 3. The van der Waals surface area contributed by atoms with Gasteiger partial charge in [0.2, 0.25) is 0 Å². The third-order valence-electron chi connectivity index (χ3n) is 4.45. The average molecular weight is 482 g/mol. The first-order chi connectivity index (χ1) is 15.6. The first-order valence-corrected chi connectivity index (χ1v) is 10.6. The van der Waals surface area contributed by atoms with Gasteiger partial charge in [-0.3, -0.25) is 19.6 Å². The van der Waals surface area contributed by atoms with E-state index >= 15 is 0 Å². The van der Waals surface area contributed by atoms with Crippen molar-refractivity contribution >= 4 is 47.3 Å². The molecule has 33 heavy (non-hydrogen) atoms. The fraction of sp³-hybridized carbons (Fsp3) is 0.304. The zero-order valence-electron chi connectivity index (χ0n) is 17.8. The molecule has 2 aromatic rings. The lowest BCUT2D eigenvalue weighted by Gasteiger charge is -2.08. The highest BCUT2D eigenvalue weighted by Gasteiger charge is 2.30. The van der Waals surface area contributed by atoms with Gasteiger partial charge >= 0.3 is 12.1 Å². The third kappa shape index (κ3) is 8.34. The molecule has 2 N–H and O–H groups in total. The van der Waals surface area contributed by atoms with E-state index in [0.29, 0.717) is 48.3 Å². The van der Waals surface area contributed by atoms with Crippen LogP contribution in [-0.2, 0) is 11.0 Å². The summed E-state index contributed by atoms with van der Waals surface area (Å²) in [6.07, 6.45) is 0.193. The van der Waals surface area contributed by atoms with Crippen molar-refractivity contribution in [2.75, 3.05) is 6.54 Å². The average Bonchev–Trinajstić information content (AvgIpc) is 2.75. The molecule has 0 spiro atoms. The topological polar surface area (TPSA) is 91.1 Å². The molecule has 0 heterocycles. The highest BCUT2D eigenvalue weighted by Crippen LogP contribution is 2.33. The third-order valence-corrected chi connectivity index (χ3v) is 4.78. The van der Waals surface area contributed by atoms with Crippen molar-refractivity contribution in [3.8, 4) is 0 Å². The van der Waals surface area contributed by atoms with Crippen LogP contribution in [0.5, 0.6) is 0 Å². The minimum Gasteiger partial charge on any atom is -0.481 e. The Morgan fingerprint density at radius 1 is 1.09 bits per heavy atom. The number of carboxylic acid groups (broad SMARTS) is 1. The number of amides is 1. The van der Waals surface area contributed by atoms with Gasteiger partial charge < -0.3 is 10.4 Å². The lowest BCUT2D eigenvalue weighted by Crippen LogP contribution is -2.22. The van der Waals surface area contributed by atoms with Gasteiger partial charge in [-0.05, 0) is 56.5 Å². The number of carbonyl (C=O) groups excluding carboxylic acids is 1. The van der Waals surface area contributed by atoms with E-state index in [1.54, 1.807) is 31.3 Å². The van der Waals surface area contributed by atoms with Crippen LogP contribution < -0.4 is 5.32 Å². The minimum absolute atomic E-state index is 0.0734. The molecule has 2 rings (SSSR count). The van der Waals surface area contributed by atoms with Crippen molar-refractivity contribution in [3.05, 3.63) is 58.1 Å². The summed E-state index contributed by atoms with van der Waals surface area (Å²) in [6, 6.07) is 7.68. The van der Waals surface area contributed by atoms with Crippen LogP contribution >= 0.6 is 11.6 Å². The Morgan fingerprint density at radius 3 is 2.48 bits per heavy atom. The first-order valence-electron chi connectivity index (χ1n) is 10.2. The van der Waals surface area contributed by atoms with Crippen LogP contribution in [0.15, 0.2) is 46.4 Å². The van der Waals surface area contributed by atoms with E-state index < -0.39 is 17.7 Å². The molecule has 0 bridgehead atoms. The molecule has 0 unspecified atom stereocenters. The van der Waals surface area contributed by atoms with Crippen molar-refractivity contribution in [2.24, 2.45) is 9.98 Å². The number of carboxylic acids is 1. The van der Waals surface area contributed by atoms with Gasteiger partial charge in [0.15, 0.2) is 0 Å².